The molecule has 0 aromatic carbocycles. The third-order valence-electron chi connectivity index (χ3n) is 0.494. The van der Waals surface area contributed by atoms with Crippen LogP contribution in [0.5, 0.6) is 0 Å². The fraction of sp³-hybridized carbons (Fsp3) is 1.00. The Labute approximate surface area is 51.9 Å². The van der Waals surface area contributed by atoms with Crippen molar-refractivity contribution in [1.29, 1.82) is 0 Å². The summed E-state index contributed by atoms with van der Waals surface area (Å²) in [5.74, 6) is 0. The highest BCUT2D eigenvalue weighted by Gasteiger charge is 2.12. The molecule has 0 aromatic rings. The van der Waals surface area contributed by atoms with Crippen molar-refractivity contribution in [2.75, 3.05) is 27.7 Å². The zero-order chi connectivity index (χ0) is 8.58. The van der Waals surface area contributed by atoms with Gasteiger partial charge in [0.05, 0.1) is 22.5 Å². The number of halogens is 1. The minimum absolute atomic E-state index is 0.101. The summed E-state index contributed by atoms with van der Waals surface area (Å²) in [5, 5.41) is 8.42. The van der Waals surface area contributed by atoms with Crippen LogP contribution < -0.4 is 0 Å². The van der Waals surface area contributed by atoms with Crippen molar-refractivity contribution < 1.29 is 16.7 Å². The van der Waals surface area contributed by atoms with E-state index in [1.54, 1.807) is 0 Å². The van der Waals surface area contributed by atoms with Crippen molar-refractivity contribution in [3.05, 3.63) is 0 Å². The molecule has 0 radical (unpaired) electrons. The molecule has 0 bridgehead atoms. The highest BCUT2D eigenvalue weighted by Crippen LogP contribution is 1.93. The molecule has 0 aliphatic rings. The molecule has 0 fully saturated rings. The SMILES string of the molecule is [2H]C(C([2H])(O)F)[N+](C)(C)C. The lowest BCUT2D eigenvalue weighted by Crippen LogP contribution is -2.39. The molecule has 0 saturated carbocycles. The number of hydrogen-bond donors (Lipinski definition) is 1. The maximum Gasteiger partial charge on any atom is 0.246 e. The van der Waals surface area contributed by atoms with Crippen LogP contribution in [0.25, 0.3) is 0 Å². The van der Waals surface area contributed by atoms with E-state index in [1.807, 2.05) is 0 Å². The Bertz CT molecular complexity index is 104. The maximum atomic E-state index is 12.3. The summed E-state index contributed by atoms with van der Waals surface area (Å²) in [4.78, 5) is 0. The molecule has 0 heterocycles. The number of rotatable bonds is 2. The van der Waals surface area contributed by atoms with Gasteiger partial charge in [0, 0.05) is 0 Å². The predicted octanol–water partition coefficient (Wildman–Crippen LogP) is -0.0195. The Kier molecular flexibility index (Phi) is 1.42. The van der Waals surface area contributed by atoms with Crippen LogP contribution in [-0.2, 0) is 0 Å². The quantitative estimate of drug-likeness (QED) is 0.513. The summed E-state index contributed by atoms with van der Waals surface area (Å²) in [6.45, 7) is -1.49. The van der Waals surface area contributed by atoms with Crippen LogP contribution in [0.3, 0.4) is 0 Å². The first kappa shape index (κ1) is 4.70. The molecular weight excluding hydrogens is 109 g/mol. The van der Waals surface area contributed by atoms with E-state index in [0.717, 1.165) is 0 Å². The Morgan fingerprint density at radius 3 is 2.25 bits per heavy atom. The van der Waals surface area contributed by atoms with Crippen LogP contribution in [0.15, 0.2) is 0 Å². The molecule has 8 heavy (non-hydrogen) atoms. The monoisotopic (exact) mass is 124 g/mol. The summed E-state index contributed by atoms with van der Waals surface area (Å²) in [6.07, 6.45) is -3.17. The molecule has 0 aliphatic carbocycles. The van der Waals surface area contributed by atoms with Gasteiger partial charge in [0.25, 0.3) is 0 Å². The Morgan fingerprint density at radius 2 is 2.25 bits per heavy atom. The van der Waals surface area contributed by atoms with E-state index in [4.69, 9.17) is 7.85 Å². The van der Waals surface area contributed by atoms with Gasteiger partial charge in [-0.05, 0) is 0 Å². The van der Waals surface area contributed by atoms with E-state index in [2.05, 4.69) is 0 Å². The number of aliphatic hydroxyl groups is 1. The third kappa shape index (κ3) is 5.85. The minimum Gasteiger partial charge on any atom is -0.360 e. The number of likely N-dealkylation sites (N-methyl/N-ethyl adjacent to an activating group) is 1. The zero-order valence-corrected chi connectivity index (χ0v) is 5.35. The molecule has 0 aliphatic heterocycles. The maximum absolute atomic E-state index is 12.3. The van der Waals surface area contributed by atoms with E-state index in [9.17, 15) is 4.39 Å². The van der Waals surface area contributed by atoms with E-state index in [-0.39, 0.29) is 4.48 Å². The second kappa shape index (κ2) is 2.42. The second-order valence-corrected chi connectivity index (χ2v) is 2.57. The molecule has 0 saturated heterocycles. The van der Waals surface area contributed by atoms with Crippen molar-refractivity contribution in [2.24, 2.45) is 0 Å². The van der Waals surface area contributed by atoms with E-state index >= 15 is 0 Å². The van der Waals surface area contributed by atoms with Gasteiger partial charge in [-0.3, -0.25) is 0 Å². The lowest BCUT2D eigenvalue weighted by atomic mass is 10.5. The van der Waals surface area contributed by atoms with Gasteiger partial charge in [-0.15, -0.1) is 0 Å². The lowest BCUT2D eigenvalue weighted by molar-refractivity contribution is -0.875. The zero-order valence-electron chi connectivity index (χ0n) is 7.35. The molecule has 50 valence electrons. The molecule has 0 spiro atoms. The van der Waals surface area contributed by atoms with Crippen molar-refractivity contribution in [3.8, 4) is 0 Å². The number of quaternary nitrogens is 1. The molecule has 3 heteroatoms. The molecule has 0 aromatic heterocycles. The number of hydrogen-bond acceptors (Lipinski definition) is 1. The minimum atomic E-state index is -3.17. The number of nitrogens with zero attached hydrogens (tertiary/aromatic N) is 1. The van der Waals surface area contributed by atoms with E-state index in [1.165, 1.54) is 21.1 Å². The summed E-state index contributed by atoms with van der Waals surface area (Å²) in [6, 6.07) is 0. The summed E-state index contributed by atoms with van der Waals surface area (Å²) in [5.41, 5.74) is 0. The first-order chi connectivity index (χ1) is 4.15. The van der Waals surface area contributed by atoms with Crippen molar-refractivity contribution in [2.45, 2.75) is 6.33 Å². The van der Waals surface area contributed by atoms with Gasteiger partial charge in [-0.25, -0.2) is 4.39 Å². The molecule has 0 rings (SSSR count). The summed E-state index contributed by atoms with van der Waals surface area (Å²) < 4.78 is 25.7. The van der Waals surface area contributed by atoms with Crippen molar-refractivity contribution in [1.82, 2.24) is 0 Å². The number of alkyl halides is 1. The lowest BCUT2D eigenvalue weighted by Gasteiger charge is -2.23. The largest absolute Gasteiger partial charge is 0.360 e. The first-order valence-electron chi connectivity index (χ1n) is 3.38. The fourth-order valence-corrected chi connectivity index (χ4v) is 0.320. The topological polar surface area (TPSA) is 20.2 Å². The van der Waals surface area contributed by atoms with Gasteiger partial charge in [0.1, 0.15) is 7.89 Å². The van der Waals surface area contributed by atoms with Gasteiger partial charge in [-0.2, -0.15) is 0 Å². The van der Waals surface area contributed by atoms with Crippen molar-refractivity contribution >= 4 is 0 Å². The van der Waals surface area contributed by atoms with Gasteiger partial charge in [-0.1, -0.05) is 0 Å². The highest BCUT2D eigenvalue weighted by atomic mass is 19.1. The standard InChI is InChI=1S/C5H13FNO/c1-7(2,3)4-5(6)8/h5,8H,4H2,1-3H3/q+1/i4D,5D. The Balaban J connectivity index is 4.23. The van der Waals surface area contributed by atoms with Crippen LogP contribution in [0.4, 0.5) is 4.39 Å². The van der Waals surface area contributed by atoms with Crippen LogP contribution in [0.2, 0.25) is 0 Å². The van der Waals surface area contributed by atoms with E-state index in [0.29, 0.717) is 0 Å². The Morgan fingerprint density at radius 1 is 1.88 bits per heavy atom. The molecule has 2 atom stereocenters. The van der Waals surface area contributed by atoms with Crippen LogP contribution in [-0.4, -0.2) is 43.6 Å². The molecule has 2 unspecified atom stereocenters. The fourth-order valence-electron chi connectivity index (χ4n) is 0.320. The second-order valence-electron chi connectivity index (χ2n) is 2.57. The molecule has 1 N–H and O–H groups in total. The predicted molar refractivity (Wildman–Crippen MR) is 30.0 cm³/mol. The average molecular weight is 124 g/mol. The smallest absolute Gasteiger partial charge is 0.246 e. The molecular formula is C5H13FNO+. The van der Waals surface area contributed by atoms with Crippen LogP contribution >= 0.6 is 0 Å². The normalized spacial score (nSPS) is 27.6. The van der Waals surface area contributed by atoms with Gasteiger partial charge in [0.2, 0.25) is 6.33 Å². The molecule has 2 nitrogen and oxygen atoms in total. The van der Waals surface area contributed by atoms with Crippen LogP contribution in [0, 0.1) is 0 Å². The summed E-state index contributed by atoms with van der Waals surface area (Å²) in [7, 11) is 4.62. The third-order valence-corrected chi connectivity index (χ3v) is 0.494. The average Bonchev–Trinajstić information content (AvgIpc) is 1.59. The van der Waals surface area contributed by atoms with Crippen molar-refractivity contribution in [3.63, 3.8) is 0 Å². The van der Waals surface area contributed by atoms with Crippen LogP contribution in [0.1, 0.15) is 2.74 Å². The van der Waals surface area contributed by atoms with Gasteiger partial charge >= 0.3 is 0 Å². The van der Waals surface area contributed by atoms with E-state index < -0.39 is 12.9 Å². The summed E-state index contributed by atoms with van der Waals surface area (Å²) >= 11 is 0. The highest BCUT2D eigenvalue weighted by molar-refractivity contribution is 4.29. The van der Waals surface area contributed by atoms with Gasteiger partial charge in [0.15, 0.2) is 0 Å². The Hall–Kier alpha value is -0.150. The van der Waals surface area contributed by atoms with Gasteiger partial charge < -0.3 is 9.59 Å². The molecule has 0 amide bonds. The first-order valence-corrected chi connectivity index (χ1v) is 2.30.